The molecule has 0 unspecified atom stereocenters. The largest absolute Gasteiger partial charge is 0.398 e. The summed E-state index contributed by atoms with van der Waals surface area (Å²) in [6.45, 7) is 2.82. The van der Waals surface area contributed by atoms with Gasteiger partial charge in [0.15, 0.2) is 0 Å². The predicted octanol–water partition coefficient (Wildman–Crippen LogP) is 1.81. The lowest BCUT2D eigenvalue weighted by Crippen LogP contribution is -2.36. The molecule has 0 atom stereocenters. The van der Waals surface area contributed by atoms with E-state index in [0.717, 1.165) is 13.1 Å². The molecule has 19 heavy (non-hydrogen) atoms. The first-order valence-electron chi connectivity index (χ1n) is 5.96. The van der Waals surface area contributed by atoms with Gasteiger partial charge in [0.25, 0.3) is 11.8 Å². The number of aromatic nitrogens is 2. The lowest BCUT2D eigenvalue weighted by atomic mass is 10.2. The van der Waals surface area contributed by atoms with Crippen LogP contribution in [-0.4, -0.2) is 36.4 Å². The summed E-state index contributed by atoms with van der Waals surface area (Å²) in [6, 6.07) is 5.27. The maximum atomic E-state index is 6.12. The molecule has 1 saturated heterocycles. The molecule has 0 radical (unpaired) electrons. The van der Waals surface area contributed by atoms with Crippen LogP contribution >= 0.6 is 11.6 Å². The van der Waals surface area contributed by atoms with Gasteiger partial charge in [-0.2, -0.15) is 4.98 Å². The zero-order valence-electron chi connectivity index (χ0n) is 10.2. The maximum Gasteiger partial charge on any atom is 0.266 e. The van der Waals surface area contributed by atoms with Crippen molar-refractivity contribution >= 4 is 23.2 Å². The normalized spacial score (nSPS) is 15.7. The van der Waals surface area contributed by atoms with Gasteiger partial charge in [-0.05, 0) is 17.3 Å². The second-order valence-corrected chi connectivity index (χ2v) is 4.61. The van der Waals surface area contributed by atoms with Crippen molar-refractivity contribution in [2.75, 3.05) is 36.9 Å². The number of nitrogens with zero attached hydrogens (tertiary/aromatic N) is 3. The third-order valence-electron chi connectivity index (χ3n) is 2.97. The molecule has 6 nitrogen and oxygen atoms in total. The molecule has 0 bridgehead atoms. The van der Waals surface area contributed by atoms with E-state index in [2.05, 4.69) is 10.1 Å². The minimum Gasteiger partial charge on any atom is -0.398 e. The highest BCUT2D eigenvalue weighted by atomic mass is 35.5. The number of anilines is 2. The molecule has 1 aromatic carbocycles. The minimum absolute atomic E-state index is 0.338. The summed E-state index contributed by atoms with van der Waals surface area (Å²) in [7, 11) is 0. The first kappa shape index (κ1) is 12.3. The van der Waals surface area contributed by atoms with Crippen molar-refractivity contribution in [3.8, 4) is 11.5 Å². The van der Waals surface area contributed by atoms with Crippen molar-refractivity contribution in [2.45, 2.75) is 0 Å². The van der Waals surface area contributed by atoms with Crippen molar-refractivity contribution in [3.63, 3.8) is 0 Å². The van der Waals surface area contributed by atoms with E-state index in [4.69, 9.17) is 26.6 Å². The Morgan fingerprint density at radius 2 is 2.05 bits per heavy atom. The van der Waals surface area contributed by atoms with Gasteiger partial charge < -0.3 is 19.9 Å². The van der Waals surface area contributed by atoms with E-state index in [1.807, 2.05) is 4.90 Å². The number of halogens is 1. The molecule has 2 N–H and O–H groups in total. The number of morpholine rings is 1. The molecule has 3 rings (SSSR count). The predicted molar refractivity (Wildman–Crippen MR) is 72.2 cm³/mol. The highest BCUT2D eigenvalue weighted by Crippen LogP contribution is 2.32. The number of hydrogen-bond acceptors (Lipinski definition) is 6. The Labute approximate surface area is 115 Å². The van der Waals surface area contributed by atoms with Crippen LogP contribution < -0.4 is 10.6 Å². The number of rotatable bonds is 2. The molecule has 0 saturated carbocycles. The van der Waals surface area contributed by atoms with Gasteiger partial charge in [0.1, 0.15) is 0 Å². The van der Waals surface area contributed by atoms with Gasteiger partial charge in [-0.3, -0.25) is 0 Å². The summed E-state index contributed by atoms with van der Waals surface area (Å²) in [5.74, 6) is 0.877. The van der Waals surface area contributed by atoms with Crippen molar-refractivity contribution in [1.82, 2.24) is 10.1 Å². The van der Waals surface area contributed by atoms with Gasteiger partial charge >= 0.3 is 0 Å². The van der Waals surface area contributed by atoms with Crippen LogP contribution in [0.4, 0.5) is 11.6 Å². The molecule has 7 heteroatoms. The smallest absolute Gasteiger partial charge is 0.266 e. The molecular weight excluding hydrogens is 268 g/mol. The van der Waals surface area contributed by atoms with Crippen molar-refractivity contribution in [3.05, 3.63) is 23.2 Å². The molecule has 1 fully saturated rings. The van der Waals surface area contributed by atoms with E-state index < -0.39 is 0 Å². The lowest BCUT2D eigenvalue weighted by Gasteiger charge is -2.24. The zero-order chi connectivity index (χ0) is 13.2. The molecular formula is C12H13ClN4O2. The highest BCUT2D eigenvalue weighted by Gasteiger charge is 2.20. The van der Waals surface area contributed by atoms with E-state index >= 15 is 0 Å². The Balaban J connectivity index is 1.92. The molecule has 0 spiro atoms. The number of nitrogens with two attached hydrogens (primary N) is 1. The fourth-order valence-corrected chi connectivity index (χ4v) is 2.24. The quantitative estimate of drug-likeness (QED) is 0.846. The number of hydrogen-bond donors (Lipinski definition) is 1. The van der Waals surface area contributed by atoms with E-state index in [9.17, 15) is 0 Å². The Bertz CT molecular complexity index is 561. The van der Waals surface area contributed by atoms with Gasteiger partial charge in [0, 0.05) is 18.8 Å². The number of ether oxygens (including phenoxy) is 1. The van der Waals surface area contributed by atoms with Crippen molar-refractivity contribution < 1.29 is 9.26 Å². The van der Waals surface area contributed by atoms with Crippen LogP contribution in [0.3, 0.4) is 0 Å². The first-order chi connectivity index (χ1) is 9.25. The second kappa shape index (κ2) is 5.07. The molecule has 1 aliphatic heterocycles. The Hall–Kier alpha value is -1.79. The van der Waals surface area contributed by atoms with Crippen LogP contribution in [0, 0.1) is 0 Å². The minimum atomic E-state index is 0.338. The van der Waals surface area contributed by atoms with Gasteiger partial charge in [-0.15, -0.1) is 0 Å². The van der Waals surface area contributed by atoms with E-state index in [1.54, 1.807) is 18.2 Å². The maximum absolute atomic E-state index is 6.12. The molecule has 0 amide bonds. The van der Waals surface area contributed by atoms with Crippen LogP contribution in [0.1, 0.15) is 0 Å². The van der Waals surface area contributed by atoms with E-state index in [0.29, 0.717) is 41.3 Å². The Morgan fingerprint density at radius 1 is 1.26 bits per heavy atom. The molecule has 1 aliphatic rings. The standard InChI is InChI=1S/C12H13ClN4O2/c13-8-2-1-3-9(14)10(8)11-15-12(16-19-11)17-4-6-18-7-5-17/h1-3H,4-7,14H2. The first-order valence-corrected chi connectivity index (χ1v) is 6.34. The molecule has 0 aliphatic carbocycles. The van der Waals surface area contributed by atoms with Gasteiger partial charge in [0.2, 0.25) is 0 Å². The third-order valence-corrected chi connectivity index (χ3v) is 3.28. The number of benzene rings is 1. The van der Waals surface area contributed by atoms with E-state index in [-0.39, 0.29) is 0 Å². The fourth-order valence-electron chi connectivity index (χ4n) is 1.98. The van der Waals surface area contributed by atoms with Gasteiger partial charge in [-0.1, -0.05) is 17.7 Å². The molecule has 2 heterocycles. The molecule has 100 valence electrons. The summed E-state index contributed by atoms with van der Waals surface area (Å²) in [5, 5.41) is 4.47. The number of nitrogen functional groups attached to an aromatic ring is 1. The van der Waals surface area contributed by atoms with Gasteiger partial charge in [-0.25, -0.2) is 0 Å². The van der Waals surface area contributed by atoms with Crippen LogP contribution in [-0.2, 0) is 4.74 Å². The summed E-state index contributed by atoms with van der Waals surface area (Å²) in [4.78, 5) is 6.36. The summed E-state index contributed by atoms with van der Waals surface area (Å²) in [6.07, 6.45) is 0. The van der Waals surface area contributed by atoms with Crippen molar-refractivity contribution in [2.24, 2.45) is 0 Å². The Kier molecular flexibility index (Phi) is 3.27. The summed E-state index contributed by atoms with van der Waals surface area (Å²) in [5.41, 5.74) is 6.99. The van der Waals surface area contributed by atoms with Crippen LogP contribution in [0.2, 0.25) is 5.02 Å². The van der Waals surface area contributed by atoms with E-state index in [1.165, 1.54) is 0 Å². The summed E-state index contributed by atoms with van der Waals surface area (Å²) < 4.78 is 10.5. The average molecular weight is 281 g/mol. The summed E-state index contributed by atoms with van der Waals surface area (Å²) >= 11 is 6.12. The fraction of sp³-hybridized carbons (Fsp3) is 0.333. The third kappa shape index (κ3) is 2.36. The monoisotopic (exact) mass is 280 g/mol. The average Bonchev–Trinajstić information content (AvgIpc) is 2.89. The zero-order valence-corrected chi connectivity index (χ0v) is 10.9. The Morgan fingerprint density at radius 3 is 2.79 bits per heavy atom. The second-order valence-electron chi connectivity index (χ2n) is 4.20. The molecule has 2 aromatic rings. The lowest BCUT2D eigenvalue weighted by molar-refractivity contribution is 0.121. The van der Waals surface area contributed by atoms with Crippen LogP contribution in [0.15, 0.2) is 22.7 Å². The van der Waals surface area contributed by atoms with Crippen LogP contribution in [0.25, 0.3) is 11.5 Å². The highest BCUT2D eigenvalue weighted by molar-refractivity contribution is 6.33. The SMILES string of the molecule is Nc1cccc(Cl)c1-c1nc(N2CCOCC2)no1. The van der Waals surface area contributed by atoms with Crippen molar-refractivity contribution in [1.29, 1.82) is 0 Å². The van der Waals surface area contributed by atoms with Crippen LogP contribution in [0.5, 0.6) is 0 Å². The van der Waals surface area contributed by atoms with Gasteiger partial charge in [0.05, 0.1) is 23.8 Å². The topological polar surface area (TPSA) is 77.4 Å². The molecule has 1 aromatic heterocycles.